The van der Waals surface area contributed by atoms with Crippen LogP contribution in [-0.4, -0.2) is 17.9 Å². The zero-order valence-electron chi connectivity index (χ0n) is 19.7. The highest BCUT2D eigenvalue weighted by molar-refractivity contribution is 6.04. The molecule has 1 aliphatic heterocycles. The highest BCUT2D eigenvalue weighted by Gasteiger charge is 2.38. The monoisotopic (exact) mass is 462 g/mol. The minimum Gasteiger partial charge on any atom is -0.497 e. The first-order valence-corrected chi connectivity index (χ1v) is 11.9. The lowest BCUT2D eigenvalue weighted by Gasteiger charge is -2.32. The third-order valence-corrected chi connectivity index (χ3v) is 7.17. The number of rotatable bonds is 3. The van der Waals surface area contributed by atoms with Gasteiger partial charge in [0.25, 0.3) is 0 Å². The zero-order valence-corrected chi connectivity index (χ0v) is 19.7. The number of methoxy groups -OCH3 is 1. The van der Waals surface area contributed by atoms with E-state index < -0.39 is 0 Å². The van der Waals surface area contributed by atoms with Crippen molar-refractivity contribution in [1.29, 1.82) is 0 Å². The Morgan fingerprint density at radius 2 is 1.74 bits per heavy atom. The number of anilines is 1. The van der Waals surface area contributed by atoms with Crippen LogP contribution in [0.25, 0.3) is 0 Å². The van der Waals surface area contributed by atoms with Crippen molar-refractivity contribution in [2.75, 3.05) is 12.8 Å². The van der Waals surface area contributed by atoms with Crippen LogP contribution in [0.15, 0.2) is 72.8 Å². The minimum atomic E-state index is -0.197. The predicted octanol–water partition coefficient (Wildman–Crippen LogP) is 6.18. The van der Waals surface area contributed by atoms with Gasteiger partial charge in [0.05, 0.1) is 29.6 Å². The summed E-state index contributed by atoms with van der Waals surface area (Å²) in [7, 11) is 1.64. The quantitative estimate of drug-likeness (QED) is 0.347. The molecule has 174 valence electrons. The molecule has 2 N–H and O–H groups in total. The van der Waals surface area contributed by atoms with E-state index in [4.69, 9.17) is 20.2 Å². The van der Waals surface area contributed by atoms with E-state index in [-0.39, 0.29) is 17.6 Å². The third kappa shape index (κ3) is 3.55. The lowest BCUT2D eigenvalue weighted by atomic mass is 9.77. The summed E-state index contributed by atoms with van der Waals surface area (Å²) in [6.07, 6.45) is 1.07. The lowest BCUT2D eigenvalue weighted by molar-refractivity contribution is 0.0964. The molecule has 4 aromatic rings. The standard InChI is InChI=1S/C30H26N2O3/c1-17-8-10-19(11-9-17)26-22-13-12-21(34-2)16-25(22)35-30-28(26)29(31)27-23(32-30)14-20(15-24(27)33)18-6-4-3-5-7-18/h3-13,16,20,26H,14-15H2,1-2H3,(H2,31,32). The van der Waals surface area contributed by atoms with Gasteiger partial charge in [-0.05, 0) is 36.5 Å². The minimum absolute atomic E-state index is 0.0380. The topological polar surface area (TPSA) is 74.4 Å². The Balaban J connectivity index is 1.53. The molecule has 1 aromatic heterocycles. The Bertz CT molecular complexity index is 1450. The van der Waals surface area contributed by atoms with Gasteiger partial charge in [-0.1, -0.05) is 66.2 Å². The van der Waals surface area contributed by atoms with Gasteiger partial charge in [0.2, 0.25) is 5.88 Å². The number of aryl methyl sites for hydroxylation is 1. The molecular formula is C30H26N2O3. The van der Waals surface area contributed by atoms with Gasteiger partial charge in [-0.15, -0.1) is 0 Å². The van der Waals surface area contributed by atoms with Crippen molar-refractivity contribution in [2.24, 2.45) is 0 Å². The third-order valence-electron chi connectivity index (χ3n) is 7.17. The van der Waals surface area contributed by atoms with Crippen molar-refractivity contribution >= 4 is 11.5 Å². The average molecular weight is 463 g/mol. The van der Waals surface area contributed by atoms with Crippen molar-refractivity contribution in [3.63, 3.8) is 0 Å². The summed E-state index contributed by atoms with van der Waals surface area (Å²) in [4.78, 5) is 18.3. The fourth-order valence-electron chi connectivity index (χ4n) is 5.39. The number of nitrogens with zero attached hydrogens (tertiary/aromatic N) is 1. The smallest absolute Gasteiger partial charge is 0.225 e. The number of hydrogen-bond acceptors (Lipinski definition) is 5. The average Bonchev–Trinajstić information content (AvgIpc) is 2.88. The second kappa shape index (κ2) is 8.27. The van der Waals surface area contributed by atoms with E-state index in [1.807, 2.05) is 36.4 Å². The molecular weight excluding hydrogens is 436 g/mol. The van der Waals surface area contributed by atoms with Crippen LogP contribution in [0.3, 0.4) is 0 Å². The molecule has 0 radical (unpaired) electrons. The number of aromatic nitrogens is 1. The first-order valence-electron chi connectivity index (χ1n) is 11.9. The van der Waals surface area contributed by atoms with Crippen LogP contribution in [-0.2, 0) is 6.42 Å². The predicted molar refractivity (Wildman–Crippen MR) is 136 cm³/mol. The number of ketones is 1. The molecule has 2 atom stereocenters. The molecule has 0 bridgehead atoms. The molecule has 0 saturated carbocycles. The van der Waals surface area contributed by atoms with Gasteiger partial charge in [-0.2, -0.15) is 0 Å². The fraction of sp³-hybridized carbons (Fsp3) is 0.200. The number of benzene rings is 3. The molecule has 3 aromatic carbocycles. The van der Waals surface area contributed by atoms with E-state index in [9.17, 15) is 4.79 Å². The van der Waals surface area contributed by atoms with Gasteiger partial charge in [-0.25, -0.2) is 4.98 Å². The highest BCUT2D eigenvalue weighted by atomic mass is 16.5. The molecule has 0 fully saturated rings. The van der Waals surface area contributed by atoms with Crippen LogP contribution >= 0.6 is 0 Å². The molecule has 6 rings (SSSR count). The fourth-order valence-corrected chi connectivity index (χ4v) is 5.39. The maximum atomic E-state index is 13.4. The van der Waals surface area contributed by atoms with Crippen LogP contribution in [0, 0.1) is 6.92 Å². The first kappa shape index (κ1) is 21.4. The SMILES string of the molecule is COc1ccc2c(c1)Oc1nc3c(c(N)c1C2c1ccc(C)cc1)C(=O)CC(c1ccccc1)C3. The summed E-state index contributed by atoms with van der Waals surface area (Å²) in [5.74, 6) is 1.78. The van der Waals surface area contributed by atoms with E-state index in [1.165, 1.54) is 5.56 Å². The Labute approximate surface area is 204 Å². The van der Waals surface area contributed by atoms with Crippen molar-refractivity contribution in [3.8, 4) is 17.4 Å². The Morgan fingerprint density at radius 1 is 0.971 bits per heavy atom. The van der Waals surface area contributed by atoms with Crippen LogP contribution in [0.5, 0.6) is 17.4 Å². The van der Waals surface area contributed by atoms with Crippen molar-refractivity contribution in [2.45, 2.75) is 31.6 Å². The number of ether oxygens (including phenoxy) is 2. The molecule has 0 amide bonds. The number of Topliss-reactive ketones (excluding diaryl/α,β-unsaturated/α-hetero) is 1. The van der Waals surface area contributed by atoms with Crippen LogP contribution in [0.4, 0.5) is 5.69 Å². The Kier molecular flexibility index (Phi) is 5.06. The summed E-state index contributed by atoms with van der Waals surface area (Å²) in [6.45, 7) is 2.06. The molecule has 1 aliphatic carbocycles. The summed E-state index contributed by atoms with van der Waals surface area (Å²) < 4.78 is 11.8. The zero-order chi connectivity index (χ0) is 24.1. The number of nitrogen functional groups attached to an aromatic ring is 1. The Hall–Kier alpha value is -4.12. The van der Waals surface area contributed by atoms with Crippen molar-refractivity contribution in [3.05, 3.63) is 112 Å². The van der Waals surface area contributed by atoms with Gasteiger partial charge < -0.3 is 15.2 Å². The van der Waals surface area contributed by atoms with Crippen molar-refractivity contribution < 1.29 is 14.3 Å². The van der Waals surface area contributed by atoms with Gasteiger partial charge >= 0.3 is 0 Å². The molecule has 0 saturated heterocycles. The van der Waals surface area contributed by atoms with E-state index in [2.05, 4.69) is 43.3 Å². The highest BCUT2D eigenvalue weighted by Crippen LogP contribution is 2.51. The van der Waals surface area contributed by atoms with Crippen molar-refractivity contribution in [1.82, 2.24) is 4.98 Å². The maximum absolute atomic E-state index is 13.4. The number of hydrogen-bond donors (Lipinski definition) is 1. The molecule has 5 heteroatoms. The molecule has 5 nitrogen and oxygen atoms in total. The van der Waals surface area contributed by atoms with Gasteiger partial charge in [0.1, 0.15) is 11.5 Å². The lowest BCUT2D eigenvalue weighted by Crippen LogP contribution is -2.25. The summed E-state index contributed by atoms with van der Waals surface area (Å²) in [5, 5.41) is 0. The largest absolute Gasteiger partial charge is 0.497 e. The van der Waals surface area contributed by atoms with E-state index >= 15 is 0 Å². The number of carbonyl (C=O) groups excluding carboxylic acids is 1. The molecule has 35 heavy (non-hydrogen) atoms. The van der Waals surface area contributed by atoms with Crippen LogP contribution < -0.4 is 15.2 Å². The Morgan fingerprint density at radius 3 is 2.49 bits per heavy atom. The molecule has 2 unspecified atom stereocenters. The number of pyridine rings is 1. The van der Waals surface area contributed by atoms with E-state index in [1.54, 1.807) is 7.11 Å². The van der Waals surface area contributed by atoms with Gasteiger partial charge in [0.15, 0.2) is 5.78 Å². The van der Waals surface area contributed by atoms with Crippen LogP contribution in [0.2, 0.25) is 0 Å². The normalized spacial score (nSPS) is 18.2. The summed E-state index contributed by atoms with van der Waals surface area (Å²) in [6, 6.07) is 24.3. The van der Waals surface area contributed by atoms with E-state index in [0.717, 1.165) is 22.3 Å². The summed E-state index contributed by atoms with van der Waals surface area (Å²) in [5.41, 5.74) is 13.7. The number of carbonyl (C=O) groups is 1. The second-order valence-electron chi connectivity index (χ2n) is 9.35. The molecule has 2 heterocycles. The first-order chi connectivity index (χ1) is 17.0. The molecule has 0 spiro atoms. The van der Waals surface area contributed by atoms with E-state index in [0.29, 0.717) is 47.2 Å². The number of nitrogens with two attached hydrogens (primary N) is 1. The summed E-state index contributed by atoms with van der Waals surface area (Å²) >= 11 is 0. The maximum Gasteiger partial charge on any atom is 0.225 e. The number of fused-ring (bicyclic) bond motifs is 3. The van der Waals surface area contributed by atoms with Gasteiger partial charge in [0, 0.05) is 24.0 Å². The van der Waals surface area contributed by atoms with Crippen LogP contribution in [0.1, 0.15) is 62.1 Å². The molecule has 2 aliphatic rings. The second-order valence-corrected chi connectivity index (χ2v) is 9.35. The van der Waals surface area contributed by atoms with Gasteiger partial charge in [-0.3, -0.25) is 4.79 Å².